The number of carbonyl (C=O) groups is 3. The zero-order valence-corrected chi connectivity index (χ0v) is 12.4. The lowest BCUT2D eigenvalue weighted by atomic mass is 9.94. The molecule has 8 nitrogen and oxygen atoms in total. The van der Waals surface area contributed by atoms with E-state index in [1.54, 1.807) is 0 Å². The summed E-state index contributed by atoms with van der Waals surface area (Å²) in [5.74, 6) is -3.10. The van der Waals surface area contributed by atoms with Gasteiger partial charge < -0.3 is 21.1 Å². The van der Waals surface area contributed by atoms with Crippen LogP contribution in [0.3, 0.4) is 0 Å². The molecule has 0 unspecified atom stereocenters. The number of carboxylic acids is 2. The number of thioether (sulfide) groups is 2. The molecule has 5 N–H and O–H groups in total. The van der Waals surface area contributed by atoms with Gasteiger partial charge in [-0.15, -0.1) is 11.8 Å². The number of hydrogen-bond donors (Lipinski definition) is 4. The number of aliphatic carboxylic acids is 2. The molecule has 116 valence electrons. The fraction of sp³-hybridized carbons (Fsp3) is 0.545. The Morgan fingerprint density at radius 1 is 1.43 bits per heavy atom. The van der Waals surface area contributed by atoms with Gasteiger partial charge in [0.15, 0.2) is 5.70 Å². The van der Waals surface area contributed by atoms with Crippen LogP contribution in [0.4, 0.5) is 0 Å². The average Bonchev–Trinajstić information content (AvgIpc) is 2.77. The van der Waals surface area contributed by atoms with Crippen molar-refractivity contribution in [1.29, 1.82) is 0 Å². The van der Waals surface area contributed by atoms with E-state index in [-0.39, 0.29) is 35.8 Å². The molecule has 2 rings (SSSR count). The van der Waals surface area contributed by atoms with E-state index in [0.29, 0.717) is 4.24 Å². The highest BCUT2D eigenvalue weighted by molar-refractivity contribution is 8.22. The average molecular weight is 334 g/mol. The van der Waals surface area contributed by atoms with Crippen LogP contribution >= 0.6 is 23.5 Å². The summed E-state index contributed by atoms with van der Waals surface area (Å²) < 4.78 is 0.387. The van der Waals surface area contributed by atoms with Gasteiger partial charge >= 0.3 is 11.9 Å². The number of fused-ring (bicyclic) bond motifs is 1. The molecule has 0 bridgehead atoms. The summed E-state index contributed by atoms with van der Waals surface area (Å²) in [5, 5.41) is 26.6. The number of hydrogen-bond acceptors (Lipinski definition) is 7. The van der Waals surface area contributed by atoms with Crippen LogP contribution in [-0.2, 0) is 14.4 Å². The molecule has 1 saturated heterocycles. The molecule has 3 atom stereocenters. The predicted octanol–water partition coefficient (Wildman–Crippen LogP) is -0.701. The molecule has 2 aliphatic rings. The van der Waals surface area contributed by atoms with Gasteiger partial charge in [-0.2, -0.15) is 0 Å². The molecule has 0 spiro atoms. The normalized spacial score (nSPS) is 25.6. The molecular weight excluding hydrogens is 320 g/mol. The summed E-state index contributed by atoms with van der Waals surface area (Å²) in [5.41, 5.74) is 5.27. The van der Waals surface area contributed by atoms with Crippen LogP contribution in [0.1, 0.15) is 6.42 Å². The van der Waals surface area contributed by atoms with Gasteiger partial charge in [0.05, 0.1) is 15.5 Å². The molecule has 0 aromatic rings. The summed E-state index contributed by atoms with van der Waals surface area (Å²) in [6, 6.07) is -1.10. The number of rotatable bonds is 7. The second kappa shape index (κ2) is 6.26. The van der Waals surface area contributed by atoms with Crippen molar-refractivity contribution in [3.63, 3.8) is 0 Å². The number of carboxylic acid groups (broad SMARTS) is 2. The Hall–Kier alpha value is -1.23. The zero-order chi connectivity index (χ0) is 15.7. The molecule has 2 heterocycles. The van der Waals surface area contributed by atoms with Gasteiger partial charge in [0.25, 0.3) is 0 Å². The third-order valence-electron chi connectivity index (χ3n) is 3.17. The second-order valence-electron chi connectivity index (χ2n) is 4.53. The molecule has 10 heteroatoms. The molecule has 0 aromatic heterocycles. The van der Waals surface area contributed by atoms with Crippen molar-refractivity contribution >= 4 is 41.4 Å². The van der Waals surface area contributed by atoms with Crippen LogP contribution in [0.25, 0.3) is 0 Å². The first-order valence-corrected chi connectivity index (χ1v) is 7.94. The largest absolute Gasteiger partial charge is 0.480 e. The Morgan fingerprint density at radius 3 is 2.62 bits per heavy atom. The third-order valence-corrected chi connectivity index (χ3v) is 5.98. The lowest BCUT2D eigenvalue weighted by molar-refractivity contribution is -0.152. The fourth-order valence-corrected chi connectivity index (χ4v) is 4.91. The highest BCUT2D eigenvalue weighted by Gasteiger charge is 2.55. The number of aliphatic hydroxyl groups is 1. The van der Waals surface area contributed by atoms with E-state index in [0.717, 1.165) is 11.8 Å². The van der Waals surface area contributed by atoms with Gasteiger partial charge in [0, 0.05) is 12.4 Å². The van der Waals surface area contributed by atoms with Gasteiger partial charge in [0.1, 0.15) is 6.04 Å². The minimum atomic E-state index is -1.23. The Morgan fingerprint density at radius 2 is 2.10 bits per heavy atom. The maximum atomic E-state index is 11.9. The van der Waals surface area contributed by atoms with Gasteiger partial charge in [-0.05, 0) is 6.42 Å². The number of amides is 1. The van der Waals surface area contributed by atoms with Crippen molar-refractivity contribution in [3.8, 4) is 0 Å². The first-order chi connectivity index (χ1) is 9.88. The van der Waals surface area contributed by atoms with E-state index < -0.39 is 23.9 Å². The van der Waals surface area contributed by atoms with Crippen molar-refractivity contribution in [1.82, 2.24) is 4.90 Å². The minimum Gasteiger partial charge on any atom is -0.480 e. The van der Waals surface area contributed by atoms with Crippen LogP contribution in [-0.4, -0.2) is 61.8 Å². The van der Waals surface area contributed by atoms with Crippen LogP contribution in [0, 0.1) is 5.92 Å². The lowest BCUT2D eigenvalue weighted by Gasteiger charge is -2.41. The van der Waals surface area contributed by atoms with Crippen LogP contribution < -0.4 is 5.73 Å². The first kappa shape index (κ1) is 16.1. The highest BCUT2D eigenvalue weighted by atomic mass is 32.2. The Labute approximate surface area is 128 Å². The highest BCUT2D eigenvalue weighted by Crippen LogP contribution is 2.53. The molecule has 0 saturated carbocycles. The summed E-state index contributed by atoms with van der Waals surface area (Å²) in [6.45, 7) is -0.143. The van der Waals surface area contributed by atoms with Crippen LogP contribution in [0.15, 0.2) is 9.93 Å². The van der Waals surface area contributed by atoms with Crippen molar-refractivity contribution in [2.24, 2.45) is 11.7 Å². The van der Waals surface area contributed by atoms with Crippen LogP contribution in [0.2, 0.25) is 0 Å². The summed E-state index contributed by atoms with van der Waals surface area (Å²) >= 11 is 2.24. The van der Waals surface area contributed by atoms with Gasteiger partial charge in [-0.3, -0.25) is 14.5 Å². The standard InChI is InChI=1S/C11H14N2O6S2/c12-5(9(16)17)3-20-11-6(10(18)19)13-7(15)4(1-2-14)8(13)21-11/h4-5,8,14H,1-3,12H2,(H,16,17)(H,18,19)/t4-,5-,8+/m0/s1. The Bertz CT molecular complexity index is 523. The second-order valence-corrected chi connectivity index (χ2v) is 6.95. The summed E-state index contributed by atoms with van der Waals surface area (Å²) in [7, 11) is 0. The van der Waals surface area contributed by atoms with E-state index in [1.807, 2.05) is 0 Å². The minimum absolute atomic E-state index is 0.0217. The van der Waals surface area contributed by atoms with Gasteiger partial charge in [0.2, 0.25) is 5.91 Å². The number of nitrogens with two attached hydrogens (primary N) is 1. The molecule has 0 aliphatic carbocycles. The van der Waals surface area contributed by atoms with Crippen molar-refractivity contribution < 1.29 is 29.7 Å². The van der Waals surface area contributed by atoms with Crippen molar-refractivity contribution in [3.05, 3.63) is 9.93 Å². The molecule has 1 amide bonds. The van der Waals surface area contributed by atoms with E-state index in [1.165, 1.54) is 16.7 Å². The quantitative estimate of drug-likeness (QED) is 0.445. The fourth-order valence-electron chi connectivity index (χ4n) is 2.09. The summed E-state index contributed by atoms with van der Waals surface area (Å²) in [4.78, 5) is 35.1. The number of aliphatic hydroxyl groups excluding tert-OH is 1. The van der Waals surface area contributed by atoms with E-state index in [9.17, 15) is 19.5 Å². The molecule has 2 aliphatic heterocycles. The monoisotopic (exact) mass is 334 g/mol. The maximum absolute atomic E-state index is 11.9. The predicted molar refractivity (Wildman–Crippen MR) is 76.1 cm³/mol. The number of carbonyl (C=O) groups excluding carboxylic acids is 1. The molecule has 0 radical (unpaired) electrons. The van der Waals surface area contributed by atoms with Crippen LogP contribution in [0.5, 0.6) is 0 Å². The summed E-state index contributed by atoms with van der Waals surface area (Å²) in [6.07, 6.45) is 0.284. The molecule has 21 heavy (non-hydrogen) atoms. The van der Waals surface area contributed by atoms with Crippen molar-refractivity contribution in [2.45, 2.75) is 17.8 Å². The lowest BCUT2D eigenvalue weighted by Crippen LogP contribution is -2.57. The van der Waals surface area contributed by atoms with Crippen molar-refractivity contribution in [2.75, 3.05) is 12.4 Å². The number of β-lactam (4-membered cyclic amide) rings is 1. The molecule has 0 aromatic carbocycles. The first-order valence-electron chi connectivity index (χ1n) is 6.07. The molecular formula is C11H14N2O6S2. The zero-order valence-electron chi connectivity index (χ0n) is 10.8. The Kier molecular flexibility index (Phi) is 4.81. The maximum Gasteiger partial charge on any atom is 0.354 e. The number of nitrogens with zero attached hydrogens (tertiary/aromatic N) is 1. The topological polar surface area (TPSA) is 141 Å². The smallest absolute Gasteiger partial charge is 0.354 e. The SMILES string of the molecule is N[C@@H](CSC1=C(C(=O)O)N2C(=O)[C@H](CCO)[C@H]2S1)C(=O)O. The van der Waals surface area contributed by atoms with Gasteiger partial charge in [-0.1, -0.05) is 11.8 Å². The van der Waals surface area contributed by atoms with Gasteiger partial charge in [-0.25, -0.2) is 4.79 Å². The third kappa shape index (κ3) is 2.89. The van der Waals surface area contributed by atoms with E-state index in [4.69, 9.17) is 15.9 Å². The Balaban J connectivity index is 2.11. The molecule has 1 fully saturated rings. The van der Waals surface area contributed by atoms with E-state index in [2.05, 4.69) is 0 Å². The van der Waals surface area contributed by atoms with E-state index >= 15 is 0 Å².